The van der Waals surface area contributed by atoms with Gasteiger partial charge in [0.25, 0.3) is 0 Å². The van der Waals surface area contributed by atoms with Gasteiger partial charge in [-0.3, -0.25) is 0 Å². The molecule has 2 rings (SSSR count). The Morgan fingerprint density at radius 3 is 2.76 bits per heavy atom. The summed E-state index contributed by atoms with van der Waals surface area (Å²) in [7, 11) is 0. The highest BCUT2D eigenvalue weighted by molar-refractivity contribution is 9.10. The van der Waals surface area contributed by atoms with Gasteiger partial charge in [0.15, 0.2) is 0 Å². The Balaban J connectivity index is 2.16. The molecule has 1 atom stereocenters. The molecule has 0 aliphatic carbocycles. The lowest BCUT2D eigenvalue weighted by atomic mass is 10.1. The SMILES string of the molecule is Cc1cc(Br)c(C(O)Cc2cccc(Cl)c2)s1. The van der Waals surface area contributed by atoms with Crippen molar-refractivity contribution in [2.45, 2.75) is 19.4 Å². The van der Waals surface area contributed by atoms with Gasteiger partial charge in [-0.1, -0.05) is 23.7 Å². The fourth-order valence-electron chi connectivity index (χ4n) is 1.71. The summed E-state index contributed by atoms with van der Waals surface area (Å²) in [6.07, 6.45) is 0.0978. The topological polar surface area (TPSA) is 20.2 Å². The molecule has 0 aliphatic heterocycles. The van der Waals surface area contributed by atoms with Gasteiger partial charge in [-0.2, -0.15) is 0 Å². The van der Waals surface area contributed by atoms with E-state index in [4.69, 9.17) is 11.6 Å². The van der Waals surface area contributed by atoms with Crippen molar-refractivity contribution in [3.63, 3.8) is 0 Å². The van der Waals surface area contributed by atoms with Gasteiger partial charge >= 0.3 is 0 Å². The monoisotopic (exact) mass is 330 g/mol. The summed E-state index contributed by atoms with van der Waals surface area (Å²) in [6.45, 7) is 2.03. The molecule has 1 aromatic carbocycles. The zero-order chi connectivity index (χ0) is 12.4. The Hall–Kier alpha value is -0.350. The number of aliphatic hydroxyl groups excluding tert-OH is 1. The molecule has 1 aromatic heterocycles. The van der Waals surface area contributed by atoms with Crippen LogP contribution in [0.5, 0.6) is 0 Å². The van der Waals surface area contributed by atoms with Crippen molar-refractivity contribution < 1.29 is 5.11 Å². The Morgan fingerprint density at radius 2 is 2.18 bits per heavy atom. The summed E-state index contributed by atoms with van der Waals surface area (Å²) in [5.41, 5.74) is 1.04. The Labute approximate surface area is 118 Å². The maximum atomic E-state index is 10.2. The van der Waals surface area contributed by atoms with Gasteiger partial charge in [0.05, 0.1) is 6.10 Å². The second-order valence-electron chi connectivity index (χ2n) is 3.92. The van der Waals surface area contributed by atoms with Crippen LogP contribution in [0.4, 0.5) is 0 Å². The third-order valence-corrected chi connectivity index (χ3v) is 4.76. The molecule has 0 aliphatic rings. The van der Waals surface area contributed by atoms with Crippen molar-refractivity contribution in [2.24, 2.45) is 0 Å². The molecule has 0 fully saturated rings. The van der Waals surface area contributed by atoms with Crippen LogP contribution in [-0.4, -0.2) is 5.11 Å². The first-order valence-electron chi connectivity index (χ1n) is 5.24. The van der Waals surface area contributed by atoms with Crippen LogP contribution in [0.3, 0.4) is 0 Å². The van der Waals surface area contributed by atoms with Crippen LogP contribution in [0.25, 0.3) is 0 Å². The van der Waals surface area contributed by atoms with Crippen LogP contribution in [-0.2, 0) is 6.42 Å². The second kappa shape index (κ2) is 5.53. The van der Waals surface area contributed by atoms with Gasteiger partial charge in [-0.05, 0) is 46.6 Å². The molecular formula is C13H12BrClOS. The fourth-order valence-corrected chi connectivity index (χ4v) is 3.82. The number of aliphatic hydroxyl groups is 1. The van der Waals surface area contributed by atoms with E-state index in [1.54, 1.807) is 11.3 Å². The summed E-state index contributed by atoms with van der Waals surface area (Å²) in [4.78, 5) is 2.17. The van der Waals surface area contributed by atoms with Crippen molar-refractivity contribution in [1.29, 1.82) is 0 Å². The molecule has 2 aromatic rings. The van der Waals surface area contributed by atoms with E-state index in [-0.39, 0.29) is 0 Å². The minimum absolute atomic E-state index is 0.485. The first-order chi connectivity index (χ1) is 8.06. The highest BCUT2D eigenvalue weighted by Gasteiger charge is 2.15. The highest BCUT2D eigenvalue weighted by Crippen LogP contribution is 2.33. The largest absolute Gasteiger partial charge is 0.387 e. The van der Waals surface area contributed by atoms with Crippen molar-refractivity contribution >= 4 is 38.9 Å². The van der Waals surface area contributed by atoms with E-state index in [0.717, 1.165) is 14.9 Å². The Bertz CT molecular complexity index is 524. The highest BCUT2D eigenvalue weighted by atomic mass is 79.9. The predicted molar refractivity (Wildman–Crippen MR) is 76.9 cm³/mol. The lowest BCUT2D eigenvalue weighted by Gasteiger charge is -2.09. The molecule has 0 saturated heterocycles. The lowest BCUT2D eigenvalue weighted by molar-refractivity contribution is 0.181. The van der Waals surface area contributed by atoms with Gasteiger partial charge in [-0.25, -0.2) is 0 Å². The van der Waals surface area contributed by atoms with Crippen LogP contribution in [0, 0.1) is 6.92 Å². The minimum atomic E-state index is -0.485. The van der Waals surface area contributed by atoms with Gasteiger partial charge in [-0.15, -0.1) is 11.3 Å². The van der Waals surface area contributed by atoms with E-state index < -0.39 is 6.10 Å². The standard InChI is InChI=1S/C13H12BrClOS/c1-8-5-11(14)13(17-8)12(16)7-9-3-2-4-10(15)6-9/h2-6,12,16H,7H2,1H3. The van der Waals surface area contributed by atoms with Crippen molar-refractivity contribution in [2.75, 3.05) is 0 Å². The molecule has 0 spiro atoms. The van der Waals surface area contributed by atoms with Crippen LogP contribution in [0.15, 0.2) is 34.8 Å². The van der Waals surface area contributed by atoms with Gasteiger partial charge in [0.2, 0.25) is 0 Å². The summed E-state index contributed by atoms with van der Waals surface area (Å²) in [6, 6.07) is 9.63. The van der Waals surface area contributed by atoms with Gasteiger partial charge < -0.3 is 5.11 Å². The first-order valence-corrected chi connectivity index (χ1v) is 7.23. The molecule has 1 nitrogen and oxygen atoms in total. The molecule has 0 saturated carbocycles. The predicted octanol–water partition coefficient (Wildman–Crippen LogP) is 4.75. The number of halogens is 2. The smallest absolute Gasteiger partial charge is 0.0933 e. The molecule has 17 heavy (non-hydrogen) atoms. The third kappa shape index (κ3) is 3.32. The molecule has 1 N–H and O–H groups in total. The number of aryl methyl sites for hydroxylation is 1. The van der Waals surface area contributed by atoms with Crippen LogP contribution in [0.2, 0.25) is 5.02 Å². The minimum Gasteiger partial charge on any atom is -0.387 e. The molecule has 0 bridgehead atoms. The van der Waals surface area contributed by atoms with E-state index in [2.05, 4.69) is 15.9 Å². The van der Waals surface area contributed by atoms with Gasteiger partial charge in [0, 0.05) is 25.7 Å². The normalized spacial score (nSPS) is 12.7. The van der Waals surface area contributed by atoms with E-state index in [1.165, 1.54) is 4.88 Å². The second-order valence-corrected chi connectivity index (χ2v) is 6.50. The van der Waals surface area contributed by atoms with Crippen molar-refractivity contribution in [1.82, 2.24) is 0 Å². The molecule has 4 heteroatoms. The number of hydrogen-bond donors (Lipinski definition) is 1. The lowest BCUT2D eigenvalue weighted by Crippen LogP contribution is -2.00. The summed E-state index contributed by atoms with van der Waals surface area (Å²) >= 11 is 11.0. The average Bonchev–Trinajstić information content (AvgIpc) is 2.58. The Kier molecular flexibility index (Phi) is 4.26. The number of rotatable bonds is 3. The van der Waals surface area contributed by atoms with Crippen molar-refractivity contribution in [3.05, 3.63) is 55.1 Å². The van der Waals surface area contributed by atoms with Gasteiger partial charge in [0.1, 0.15) is 0 Å². The summed E-state index contributed by atoms with van der Waals surface area (Å²) < 4.78 is 0.981. The van der Waals surface area contributed by atoms with Crippen molar-refractivity contribution in [3.8, 4) is 0 Å². The maximum absolute atomic E-state index is 10.2. The van der Waals surface area contributed by atoms with E-state index in [0.29, 0.717) is 11.4 Å². The molecule has 0 amide bonds. The number of benzene rings is 1. The third-order valence-electron chi connectivity index (χ3n) is 2.46. The molecule has 1 unspecified atom stereocenters. The van der Waals surface area contributed by atoms with E-state index in [9.17, 15) is 5.11 Å². The molecular weight excluding hydrogens is 320 g/mol. The quantitative estimate of drug-likeness (QED) is 0.860. The number of thiophene rings is 1. The molecule has 90 valence electrons. The summed E-state index contributed by atoms with van der Waals surface area (Å²) in [5, 5.41) is 10.9. The Morgan fingerprint density at radius 1 is 1.41 bits per heavy atom. The zero-order valence-electron chi connectivity index (χ0n) is 9.28. The fraction of sp³-hybridized carbons (Fsp3) is 0.231. The summed E-state index contributed by atoms with van der Waals surface area (Å²) in [5.74, 6) is 0. The first kappa shape index (κ1) is 13.1. The maximum Gasteiger partial charge on any atom is 0.0933 e. The zero-order valence-corrected chi connectivity index (χ0v) is 12.4. The average molecular weight is 332 g/mol. The van der Waals surface area contributed by atoms with E-state index >= 15 is 0 Å². The van der Waals surface area contributed by atoms with Crippen LogP contribution in [0.1, 0.15) is 21.4 Å². The van der Waals surface area contributed by atoms with Crippen LogP contribution >= 0.6 is 38.9 Å². The van der Waals surface area contributed by atoms with Crippen LogP contribution < -0.4 is 0 Å². The van der Waals surface area contributed by atoms with E-state index in [1.807, 2.05) is 37.3 Å². The molecule has 0 radical (unpaired) electrons. The molecule has 1 heterocycles. The number of hydrogen-bond acceptors (Lipinski definition) is 2.